The van der Waals surface area contributed by atoms with Gasteiger partial charge in [-0.05, 0) is 62.5 Å². The third-order valence-corrected chi connectivity index (χ3v) is 9.71. The maximum atomic E-state index is 13.8. The molecule has 3 N–H and O–H groups in total. The van der Waals surface area contributed by atoms with Crippen molar-refractivity contribution in [2.45, 2.75) is 76.0 Å². The van der Waals surface area contributed by atoms with Crippen LogP contribution < -0.4 is 10.6 Å². The van der Waals surface area contributed by atoms with E-state index >= 15 is 0 Å². The van der Waals surface area contributed by atoms with Gasteiger partial charge in [0.1, 0.15) is 5.66 Å². The summed E-state index contributed by atoms with van der Waals surface area (Å²) < 4.78 is 0. The molecule has 6 atom stereocenters. The lowest BCUT2D eigenvalue weighted by atomic mass is 9.51. The Kier molecular flexibility index (Phi) is 4.46. The summed E-state index contributed by atoms with van der Waals surface area (Å²) in [5.41, 5.74) is 0.450. The summed E-state index contributed by atoms with van der Waals surface area (Å²) in [5.74, 6) is 0.738. The Morgan fingerprint density at radius 2 is 1.94 bits per heavy atom. The number of hydrogen-bond acceptors (Lipinski definition) is 4. The number of aliphatic hydroxyl groups is 1. The van der Waals surface area contributed by atoms with Crippen molar-refractivity contribution >= 4 is 17.5 Å². The average molecular weight is 438 g/mol. The molecule has 172 valence electrons. The Balaban J connectivity index is 1.23. The van der Waals surface area contributed by atoms with Crippen LogP contribution in [0.2, 0.25) is 0 Å². The molecule has 2 aliphatic heterocycles. The Morgan fingerprint density at radius 3 is 2.78 bits per heavy atom. The van der Waals surface area contributed by atoms with E-state index in [1.54, 1.807) is 0 Å². The minimum atomic E-state index is -0.557. The quantitative estimate of drug-likeness (QED) is 0.628. The fourth-order valence-corrected chi connectivity index (χ4v) is 7.82. The van der Waals surface area contributed by atoms with Gasteiger partial charge in [-0.2, -0.15) is 0 Å². The van der Waals surface area contributed by atoms with Gasteiger partial charge >= 0.3 is 0 Å². The van der Waals surface area contributed by atoms with E-state index in [1.165, 1.54) is 0 Å². The number of anilines is 1. The Morgan fingerprint density at radius 1 is 1.09 bits per heavy atom. The first-order valence-corrected chi connectivity index (χ1v) is 12.5. The number of fused-ring (bicyclic) bond motifs is 4. The van der Waals surface area contributed by atoms with Crippen molar-refractivity contribution < 1.29 is 14.7 Å². The van der Waals surface area contributed by atoms with E-state index in [4.69, 9.17) is 0 Å². The van der Waals surface area contributed by atoms with Crippen LogP contribution in [0.4, 0.5) is 5.69 Å². The Hall–Kier alpha value is -2.08. The third kappa shape index (κ3) is 2.94. The molecule has 1 spiro atoms. The van der Waals surface area contributed by atoms with Gasteiger partial charge in [0.25, 0.3) is 5.91 Å². The molecule has 6 aliphatic rings. The first-order chi connectivity index (χ1) is 15.3. The van der Waals surface area contributed by atoms with Gasteiger partial charge in [-0.25, -0.2) is 0 Å². The molecule has 1 aromatic rings. The average Bonchev–Trinajstić information content (AvgIpc) is 2.77. The molecule has 6 nitrogen and oxygen atoms in total. The molecule has 6 heteroatoms. The zero-order valence-corrected chi connectivity index (χ0v) is 19.0. The number of nitrogens with one attached hydrogen (secondary N) is 2. The molecule has 4 saturated carbocycles. The van der Waals surface area contributed by atoms with Crippen molar-refractivity contribution in [3.63, 3.8) is 0 Å². The molecule has 1 aromatic carbocycles. The van der Waals surface area contributed by atoms with Crippen molar-refractivity contribution in [1.29, 1.82) is 0 Å². The fraction of sp³-hybridized carbons (Fsp3) is 0.692. The van der Waals surface area contributed by atoms with E-state index in [9.17, 15) is 14.7 Å². The van der Waals surface area contributed by atoms with Crippen LogP contribution in [0.25, 0.3) is 0 Å². The molecule has 32 heavy (non-hydrogen) atoms. The number of carbonyl (C=O) groups is 2. The number of nitrogens with zero attached hydrogens (tertiary/aromatic N) is 1. The first kappa shape index (κ1) is 20.5. The molecule has 2 bridgehead atoms. The minimum Gasteiger partial charge on any atom is -0.389 e. The van der Waals surface area contributed by atoms with Crippen LogP contribution >= 0.6 is 0 Å². The highest BCUT2D eigenvalue weighted by molar-refractivity contribution is 6.02. The number of benzene rings is 1. The molecular weight excluding hydrogens is 402 g/mol. The fourth-order valence-electron chi connectivity index (χ4n) is 7.82. The van der Waals surface area contributed by atoms with Gasteiger partial charge in [-0.3, -0.25) is 9.59 Å². The molecule has 2 heterocycles. The third-order valence-electron chi connectivity index (χ3n) is 9.71. The van der Waals surface area contributed by atoms with Gasteiger partial charge in [0.05, 0.1) is 11.2 Å². The summed E-state index contributed by atoms with van der Waals surface area (Å²) >= 11 is 0. The van der Waals surface area contributed by atoms with E-state index in [-0.39, 0.29) is 35.0 Å². The summed E-state index contributed by atoms with van der Waals surface area (Å²) in [6.45, 7) is 3.64. The molecular formula is C26H35N3O3. The SMILES string of the molecule is CC12CCC(CC1C(=O)N1CCC3(O)CCCCC3C1)C1(C2)NC(=O)c2ccccc2N1. The Bertz CT molecular complexity index is 965. The van der Waals surface area contributed by atoms with Gasteiger partial charge in [0, 0.05) is 36.5 Å². The molecule has 0 radical (unpaired) electrons. The zero-order valence-electron chi connectivity index (χ0n) is 19.0. The first-order valence-electron chi connectivity index (χ1n) is 12.5. The zero-order chi connectivity index (χ0) is 22.1. The lowest BCUT2D eigenvalue weighted by Crippen LogP contribution is -2.70. The van der Waals surface area contributed by atoms with Gasteiger partial charge in [0.2, 0.25) is 5.91 Å². The lowest BCUT2D eigenvalue weighted by Gasteiger charge is -2.61. The number of likely N-dealkylation sites (tertiary alicyclic amines) is 1. The van der Waals surface area contributed by atoms with Gasteiger partial charge in [-0.15, -0.1) is 0 Å². The Labute approximate surface area is 190 Å². The van der Waals surface area contributed by atoms with E-state index < -0.39 is 11.3 Å². The van der Waals surface area contributed by atoms with Crippen LogP contribution in [0.1, 0.15) is 75.1 Å². The standard InChI is InChI=1S/C26H35N3O3/c1-24-11-9-17(26(16-24)27-21-8-3-2-7-19(21)22(30)28-26)14-20(24)23(31)29-13-12-25(32)10-5-4-6-18(25)15-29/h2-3,7-8,17-18,20,27,32H,4-6,9-16H2,1H3,(H,28,30). The van der Waals surface area contributed by atoms with E-state index in [2.05, 4.69) is 22.5 Å². The van der Waals surface area contributed by atoms with Crippen molar-refractivity contribution in [2.24, 2.45) is 23.2 Å². The van der Waals surface area contributed by atoms with E-state index in [1.807, 2.05) is 24.3 Å². The summed E-state index contributed by atoms with van der Waals surface area (Å²) in [6.07, 6.45) is 8.55. The summed E-state index contributed by atoms with van der Waals surface area (Å²) in [4.78, 5) is 28.8. The maximum Gasteiger partial charge on any atom is 0.255 e. The normalized spacial score (nSPS) is 42.6. The highest BCUT2D eigenvalue weighted by Crippen LogP contribution is 2.59. The van der Waals surface area contributed by atoms with Crippen LogP contribution in [0, 0.1) is 23.2 Å². The number of piperidine rings is 1. The van der Waals surface area contributed by atoms with Crippen LogP contribution in [-0.2, 0) is 4.79 Å². The highest BCUT2D eigenvalue weighted by atomic mass is 16.3. The summed E-state index contributed by atoms with van der Waals surface area (Å²) in [6, 6.07) is 7.72. The molecule has 1 saturated heterocycles. The second-order valence-electron chi connectivity index (χ2n) is 11.5. The van der Waals surface area contributed by atoms with Crippen LogP contribution in [0.15, 0.2) is 24.3 Å². The van der Waals surface area contributed by atoms with Gasteiger partial charge in [-0.1, -0.05) is 31.9 Å². The van der Waals surface area contributed by atoms with Crippen LogP contribution in [0.5, 0.6) is 0 Å². The summed E-state index contributed by atoms with van der Waals surface area (Å²) in [5, 5.41) is 18.0. The van der Waals surface area contributed by atoms with Gasteiger partial charge in [0.15, 0.2) is 0 Å². The van der Waals surface area contributed by atoms with Crippen LogP contribution in [0.3, 0.4) is 0 Å². The van der Waals surface area contributed by atoms with Crippen molar-refractivity contribution in [2.75, 3.05) is 18.4 Å². The largest absolute Gasteiger partial charge is 0.389 e. The molecule has 6 unspecified atom stereocenters. The van der Waals surface area contributed by atoms with Crippen LogP contribution in [-0.4, -0.2) is 46.2 Å². The molecule has 0 aromatic heterocycles. The summed E-state index contributed by atoms with van der Waals surface area (Å²) in [7, 11) is 0. The second-order valence-corrected chi connectivity index (χ2v) is 11.5. The minimum absolute atomic E-state index is 0.00229. The van der Waals surface area contributed by atoms with Crippen molar-refractivity contribution in [1.82, 2.24) is 10.2 Å². The number of para-hydroxylation sites is 1. The number of hydrogen-bond donors (Lipinski definition) is 3. The number of carbonyl (C=O) groups excluding carboxylic acids is 2. The smallest absolute Gasteiger partial charge is 0.255 e. The van der Waals surface area contributed by atoms with Crippen molar-refractivity contribution in [3.8, 4) is 0 Å². The maximum absolute atomic E-state index is 13.8. The number of amides is 2. The molecule has 7 rings (SSSR count). The lowest BCUT2D eigenvalue weighted by molar-refractivity contribution is -0.160. The molecule has 2 amide bonds. The van der Waals surface area contributed by atoms with E-state index in [0.717, 1.165) is 57.1 Å². The predicted octanol–water partition coefficient (Wildman–Crippen LogP) is 3.52. The monoisotopic (exact) mass is 437 g/mol. The molecule has 4 aliphatic carbocycles. The topological polar surface area (TPSA) is 81.7 Å². The van der Waals surface area contributed by atoms with Gasteiger partial charge < -0.3 is 20.6 Å². The highest BCUT2D eigenvalue weighted by Gasteiger charge is 2.61. The number of rotatable bonds is 1. The second kappa shape index (κ2) is 6.96. The van der Waals surface area contributed by atoms with Crippen molar-refractivity contribution in [3.05, 3.63) is 29.8 Å². The van der Waals surface area contributed by atoms with E-state index in [0.29, 0.717) is 25.1 Å². The predicted molar refractivity (Wildman–Crippen MR) is 122 cm³/mol. The molecule has 5 fully saturated rings.